The SMILES string of the molecule is C=C[C@](C)(Cl)[C@H](Cl)/C=C/C(=C)C(Cl)Cl. The van der Waals surface area contributed by atoms with Gasteiger partial charge in [0, 0.05) is 0 Å². The molecule has 0 heterocycles. The van der Waals surface area contributed by atoms with Gasteiger partial charge in [0.15, 0.2) is 0 Å². The Morgan fingerprint density at radius 1 is 1.36 bits per heavy atom. The van der Waals surface area contributed by atoms with Gasteiger partial charge in [0.2, 0.25) is 0 Å². The van der Waals surface area contributed by atoms with Crippen LogP contribution in [0.15, 0.2) is 37.0 Å². The molecule has 0 radical (unpaired) electrons. The van der Waals surface area contributed by atoms with E-state index in [1.165, 1.54) is 0 Å². The molecule has 0 spiro atoms. The lowest BCUT2D eigenvalue weighted by molar-refractivity contribution is 0.801. The van der Waals surface area contributed by atoms with Gasteiger partial charge in [-0.1, -0.05) is 24.8 Å². The molecular formula is C10H12Cl4. The number of alkyl halides is 4. The monoisotopic (exact) mass is 272 g/mol. The van der Waals surface area contributed by atoms with Crippen molar-refractivity contribution < 1.29 is 0 Å². The topological polar surface area (TPSA) is 0 Å². The van der Waals surface area contributed by atoms with Crippen molar-refractivity contribution in [2.45, 2.75) is 22.0 Å². The first-order valence-corrected chi connectivity index (χ1v) is 5.61. The summed E-state index contributed by atoms with van der Waals surface area (Å²) in [4.78, 5) is -1.31. The maximum atomic E-state index is 6.04. The fraction of sp³-hybridized carbons (Fsp3) is 0.400. The van der Waals surface area contributed by atoms with Gasteiger partial charge in [-0.05, 0) is 12.5 Å². The lowest BCUT2D eigenvalue weighted by Crippen LogP contribution is -2.24. The van der Waals surface area contributed by atoms with Crippen LogP contribution in [-0.4, -0.2) is 15.1 Å². The molecule has 0 nitrogen and oxygen atoms in total. The molecule has 0 saturated heterocycles. The molecule has 0 unspecified atom stereocenters. The Kier molecular flexibility index (Phi) is 6.24. The maximum Gasteiger partial charge on any atom is 0.132 e. The Morgan fingerprint density at radius 2 is 1.86 bits per heavy atom. The van der Waals surface area contributed by atoms with Crippen LogP contribution in [-0.2, 0) is 0 Å². The van der Waals surface area contributed by atoms with E-state index in [1.54, 1.807) is 25.2 Å². The summed E-state index contributed by atoms with van der Waals surface area (Å²) in [5.41, 5.74) is 0.579. The molecule has 0 aromatic heterocycles. The maximum absolute atomic E-state index is 6.04. The van der Waals surface area contributed by atoms with Crippen LogP contribution in [0.25, 0.3) is 0 Å². The number of hydrogen-bond acceptors (Lipinski definition) is 0. The van der Waals surface area contributed by atoms with E-state index in [2.05, 4.69) is 13.2 Å². The molecule has 2 atom stereocenters. The lowest BCUT2D eigenvalue weighted by atomic mass is 10.1. The standard InChI is InChI=1S/C10H12Cl4/c1-4-10(3,14)8(11)6-5-7(2)9(12)13/h4-6,8-9H,1-2H2,3H3/b6-5+/t8-,10+/m1/s1. The summed E-state index contributed by atoms with van der Waals surface area (Å²) < 4.78 is 0. The summed E-state index contributed by atoms with van der Waals surface area (Å²) >= 11 is 23.2. The van der Waals surface area contributed by atoms with Gasteiger partial charge in [-0.3, -0.25) is 0 Å². The van der Waals surface area contributed by atoms with E-state index in [0.29, 0.717) is 5.57 Å². The van der Waals surface area contributed by atoms with Crippen molar-refractivity contribution in [1.82, 2.24) is 0 Å². The Hall–Kier alpha value is 0.380. The van der Waals surface area contributed by atoms with Crippen LogP contribution in [0.5, 0.6) is 0 Å². The number of rotatable bonds is 5. The third-order valence-electron chi connectivity index (χ3n) is 1.70. The number of halogens is 4. The van der Waals surface area contributed by atoms with Gasteiger partial charge >= 0.3 is 0 Å². The minimum atomic E-state index is -0.688. The van der Waals surface area contributed by atoms with Crippen LogP contribution in [0.2, 0.25) is 0 Å². The third kappa shape index (κ3) is 4.75. The first-order chi connectivity index (χ1) is 6.31. The molecular weight excluding hydrogens is 262 g/mol. The third-order valence-corrected chi connectivity index (χ3v) is 3.36. The quantitative estimate of drug-likeness (QED) is 0.387. The molecule has 80 valence electrons. The van der Waals surface area contributed by atoms with E-state index >= 15 is 0 Å². The van der Waals surface area contributed by atoms with Crippen molar-refractivity contribution in [3.05, 3.63) is 37.0 Å². The van der Waals surface area contributed by atoms with Crippen LogP contribution in [0.1, 0.15) is 6.92 Å². The van der Waals surface area contributed by atoms with E-state index in [1.807, 2.05) is 0 Å². The fourth-order valence-electron chi connectivity index (χ4n) is 0.582. The largest absolute Gasteiger partial charge is 0.132 e. The van der Waals surface area contributed by atoms with E-state index in [0.717, 1.165) is 0 Å². The predicted octanol–water partition coefficient (Wildman–Crippen LogP) is 4.69. The molecule has 0 fully saturated rings. The Bertz CT molecular complexity index is 241. The molecule has 4 heteroatoms. The van der Waals surface area contributed by atoms with Crippen molar-refractivity contribution in [1.29, 1.82) is 0 Å². The Labute approximate surface area is 105 Å². The van der Waals surface area contributed by atoms with Gasteiger partial charge in [0.1, 0.15) is 4.84 Å². The summed E-state index contributed by atoms with van der Waals surface area (Å²) in [6.45, 7) is 9.02. The van der Waals surface area contributed by atoms with E-state index in [4.69, 9.17) is 46.4 Å². The summed E-state index contributed by atoms with van der Waals surface area (Å²) in [6.07, 6.45) is 4.93. The van der Waals surface area contributed by atoms with Crippen molar-refractivity contribution >= 4 is 46.4 Å². The molecule has 0 amide bonds. The number of hydrogen-bond donors (Lipinski definition) is 0. The zero-order chi connectivity index (χ0) is 11.4. The Morgan fingerprint density at radius 3 is 2.21 bits per heavy atom. The molecule has 0 aliphatic carbocycles. The predicted molar refractivity (Wildman–Crippen MR) is 67.9 cm³/mol. The van der Waals surface area contributed by atoms with Crippen molar-refractivity contribution in [3.8, 4) is 0 Å². The van der Waals surface area contributed by atoms with Gasteiger partial charge in [0.05, 0.1) is 10.3 Å². The summed E-state index contributed by atoms with van der Waals surface area (Å²) in [5.74, 6) is 0. The number of allylic oxidation sites excluding steroid dienone is 4. The lowest BCUT2D eigenvalue weighted by Gasteiger charge is -2.20. The van der Waals surface area contributed by atoms with Crippen LogP contribution < -0.4 is 0 Å². The molecule has 0 aromatic rings. The van der Waals surface area contributed by atoms with Gasteiger partial charge in [0.25, 0.3) is 0 Å². The molecule has 14 heavy (non-hydrogen) atoms. The Balaban J connectivity index is 4.39. The van der Waals surface area contributed by atoms with E-state index < -0.39 is 9.71 Å². The fourth-order valence-corrected chi connectivity index (χ4v) is 0.962. The van der Waals surface area contributed by atoms with Gasteiger partial charge < -0.3 is 0 Å². The average Bonchev–Trinajstić information content (AvgIpc) is 2.13. The van der Waals surface area contributed by atoms with Crippen LogP contribution in [0.3, 0.4) is 0 Å². The van der Waals surface area contributed by atoms with Crippen LogP contribution in [0.4, 0.5) is 0 Å². The first kappa shape index (κ1) is 14.4. The van der Waals surface area contributed by atoms with Crippen LogP contribution >= 0.6 is 46.4 Å². The molecule has 0 N–H and O–H groups in total. The van der Waals surface area contributed by atoms with Gasteiger partial charge in [-0.15, -0.1) is 53.0 Å². The zero-order valence-corrected chi connectivity index (χ0v) is 10.8. The van der Waals surface area contributed by atoms with Crippen molar-refractivity contribution in [2.24, 2.45) is 0 Å². The van der Waals surface area contributed by atoms with Gasteiger partial charge in [-0.2, -0.15) is 0 Å². The van der Waals surface area contributed by atoms with Crippen molar-refractivity contribution in [3.63, 3.8) is 0 Å². The molecule has 0 aromatic carbocycles. The van der Waals surface area contributed by atoms with Crippen LogP contribution in [0, 0.1) is 0 Å². The second kappa shape index (κ2) is 6.07. The molecule has 0 rings (SSSR count). The summed E-state index contributed by atoms with van der Waals surface area (Å²) in [6, 6.07) is 0. The normalized spacial score (nSPS) is 18.1. The van der Waals surface area contributed by atoms with E-state index in [-0.39, 0.29) is 5.38 Å². The summed E-state index contributed by atoms with van der Waals surface area (Å²) in [5, 5.41) is -0.384. The molecule has 0 aliphatic heterocycles. The second-order valence-corrected chi connectivity index (χ2v) is 5.37. The molecule has 0 saturated carbocycles. The molecule has 0 bridgehead atoms. The van der Waals surface area contributed by atoms with Crippen molar-refractivity contribution in [2.75, 3.05) is 0 Å². The highest BCUT2D eigenvalue weighted by molar-refractivity contribution is 6.46. The average molecular weight is 274 g/mol. The second-order valence-electron chi connectivity index (χ2n) is 2.99. The smallest absolute Gasteiger partial charge is 0.116 e. The highest BCUT2D eigenvalue weighted by Crippen LogP contribution is 2.27. The first-order valence-electron chi connectivity index (χ1n) is 3.93. The minimum Gasteiger partial charge on any atom is -0.116 e. The van der Waals surface area contributed by atoms with E-state index in [9.17, 15) is 0 Å². The zero-order valence-electron chi connectivity index (χ0n) is 7.81. The minimum absolute atomic E-state index is 0.384. The van der Waals surface area contributed by atoms with Gasteiger partial charge in [-0.25, -0.2) is 0 Å². The summed E-state index contributed by atoms with van der Waals surface area (Å²) in [7, 11) is 0. The highest BCUT2D eigenvalue weighted by Gasteiger charge is 2.24. The highest BCUT2D eigenvalue weighted by atomic mass is 35.5. The molecule has 0 aliphatic rings.